The zero-order chi connectivity index (χ0) is 12.2. The standard InChI is InChI=1S/C15H31N/c1-6-15(5,12-16-14(2,3)4)11-13-9-7-8-10-13/h13,16H,6-12H2,1-5H3. The van der Waals surface area contributed by atoms with Crippen molar-refractivity contribution in [2.45, 2.75) is 78.7 Å². The van der Waals surface area contributed by atoms with E-state index in [1.54, 1.807) is 0 Å². The minimum Gasteiger partial charge on any atom is -0.312 e. The van der Waals surface area contributed by atoms with Gasteiger partial charge < -0.3 is 5.32 Å². The van der Waals surface area contributed by atoms with Crippen LogP contribution in [0.2, 0.25) is 0 Å². The van der Waals surface area contributed by atoms with Crippen LogP contribution in [0.25, 0.3) is 0 Å². The second kappa shape index (κ2) is 5.53. The van der Waals surface area contributed by atoms with Gasteiger partial charge in [-0.2, -0.15) is 0 Å². The van der Waals surface area contributed by atoms with Crippen LogP contribution >= 0.6 is 0 Å². The van der Waals surface area contributed by atoms with Gasteiger partial charge in [-0.25, -0.2) is 0 Å². The Morgan fingerprint density at radius 1 is 1.06 bits per heavy atom. The number of rotatable bonds is 5. The molecule has 0 aliphatic heterocycles. The molecule has 0 spiro atoms. The molecule has 0 aromatic carbocycles. The van der Waals surface area contributed by atoms with Gasteiger partial charge in [-0.3, -0.25) is 0 Å². The highest BCUT2D eigenvalue weighted by molar-refractivity contribution is 4.84. The fourth-order valence-corrected chi connectivity index (χ4v) is 2.73. The molecular formula is C15H31N. The van der Waals surface area contributed by atoms with Crippen molar-refractivity contribution >= 4 is 0 Å². The van der Waals surface area contributed by atoms with Crippen LogP contribution in [0.1, 0.15) is 73.1 Å². The summed E-state index contributed by atoms with van der Waals surface area (Å²) in [6.45, 7) is 12.8. The van der Waals surface area contributed by atoms with Crippen LogP contribution in [0.15, 0.2) is 0 Å². The highest BCUT2D eigenvalue weighted by Gasteiger charge is 2.29. The first kappa shape index (κ1) is 14.0. The van der Waals surface area contributed by atoms with Crippen molar-refractivity contribution in [1.29, 1.82) is 0 Å². The molecule has 0 bridgehead atoms. The lowest BCUT2D eigenvalue weighted by molar-refractivity contribution is 0.202. The maximum absolute atomic E-state index is 3.69. The van der Waals surface area contributed by atoms with E-state index < -0.39 is 0 Å². The first-order valence-corrected chi connectivity index (χ1v) is 7.10. The lowest BCUT2D eigenvalue weighted by Crippen LogP contribution is -2.43. The van der Waals surface area contributed by atoms with Gasteiger partial charge in [0.25, 0.3) is 0 Å². The topological polar surface area (TPSA) is 12.0 Å². The van der Waals surface area contributed by atoms with Crippen molar-refractivity contribution in [3.63, 3.8) is 0 Å². The summed E-state index contributed by atoms with van der Waals surface area (Å²) in [6, 6.07) is 0. The highest BCUT2D eigenvalue weighted by atomic mass is 15.0. The molecule has 96 valence electrons. The average molecular weight is 225 g/mol. The van der Waals surface area contributed by atoms with Gasteiger partial charge in [0.1, 0.15) is 0 Å². The molecule has 1 unspecified atom stereocenters. The van der Waals surface area contributed by atoms with Gasteiger partial charge in [-0.15, -0.1) is 0 Å². The van der Waals surface area contributed by atoms with Gasteiger partial charge in [0.05, 0.1) is 0 Å². The van der Waals surface area contributed by atoms with Gasteiger partial charge in [0.2, 0.25) is 0 Å². The number of hydrogen-bond acceptors (Lipinski definition) is 1. The summed E-state index contributed by atoms with van der Waals surface area (Å²) in [6.07, 6.45) is 8.61. The normalized spacial score (nSPS) is 22.3. The SMILES string of the molecule is CCC(C)(CNC(C)(C)C)CC1CCCC1. The second-order valence-corrected chi connectivity index (χ2v) is 7.12. The molecule has 0 aromatic rings. The van der Waals surface area contributed by atoms with Crippen LogP contribution < -0.4 is 5.32 Å². The molecule has 1 atom stereocenters. The first-order chi connectivity index (χ1) is 7.35. The van der Waals surface area contributed by atoms with Crippen molar-refractivity contribution < 1.29 is 0 Å². The van der Waals surface area contributed by atoms with Crippen LogP contribution in [-0.4, -0.2) is 12.1 Å². The monoisotopic (exact) mass is 225 g/mol. The van der Waals surface area contributed by atoms with Crippen LogP contribution in [0, 0.1) is 11.3 Å². The Morgan fingerprint density at radius 3 is 2.06 bits per heavy atom. The fourth-order valence-electron chi connectivity index (χ4n) is 2.73. The fraction of sp³-hybridized carbons (Fsp3) is 1.00. The smallest absolute Gasteiger partial charge is 0.00967 e. The van der Waals surface area contributed by atoms with Crippen molar-refractivity contribution in [2.24, 2.45) is 11.3 Å². The van der Waals surface area contributed by atoms with Gasteiger partial charge in [0, 0.05) is 12.1 Å². The average Bonchev–Trinajstić information content (AvgIpc) is 2.66. The predicted molar refractivity (Wildman–Crippen MR) is 72.7 cm³/mol. The molecule has 1 nitrogen and oxygen atoms in total. The molecule has 16 heavy (non-hydrogen) atoms. The van der Waals surface area contributed by atoms with E-state index in [2.05, 4.69) is 39.9 Å². The molecule has 1 rings (SSSR count). The lowest BCUT2D eigenvalue weighted by Gasteiger charge is -2.35. The van der Waals surface area contributed by atoms with Gasteiger partial charge in [-0.05, 0) is 44.9 Å². The summed E-state index contributed by atoms with van der Waals surface area (Å²) in [4.78, 5) is 0. The Balaban J connectivity index is 2.42. The molecule has 0 aromatic heterocycles. The van der Waals surface area contributed by atoms with Crippen LogP contribution in [0.4, 0.5) is 0 Å². The Bertz CT molecular complexity index is 198. The summed E-state index contributed by atoms with van der Waals surface area (Å²) < 4.78 is 0. The van der Waals surface area contributed by atoms with Crippen molar-refractivity contribution in [3.8, 4) is 0 Å². The van der Waals surface area contributed by atoms with Crippen molar-refractivity contribution in [2.75, 3.05) is 6.54 Å². The first-order valence-electron chi connectivity index (χ1n) is 7.10. The van der Waals surface area contributed by atoms with Crippen LogP contribution in [0.3, 0.4) is 0 Å². The van der Waals surface area contributed by atoms with E-state index in [9.17, 15) is 0 Å². The zero-order valence-electron chi connectivity index (χ0n) is 12.0. The summed E-state index contributed by atoms with van der Waals surface area (Å²) in [5.74, 6) is 1.01. The zero-order valence-corrected chi connectivity index (χ0v) is 12.0. The van der Waals surface area contributed by atoms with Crippen LogP contribution in [-0.2, 0) is 0 Å². The second-order valence-electron chi connectivity index (χ2n) is 7.12. The third-order valence-corrected chi connectivity index (χ3v) is 4.16. The van der Waals surface area contributed by atoms with Gasteiger partial charge in [-0.1, -0.05) is 39.5 Å². The molecule has 1 N–H and O–H groups in total. The molecule has 0 heterocycles. The maximum Gasteiger partial charge on any atom is 0.00967 e. The number of hydrogen-bond donors (Lipinski definition) is 1. The van der Waals surface area contributed by atoms with E-state index in [1.807, 2.05) is 0 Å². The van der Waals surface area contributed by atoms with E-state index in [1.165, 1.54) is 45.1 Å². The molecule has 1 saturated carbocycles. The third-order valence-electron chi connectivity index (χ3n) is 4.16. The molecule has 1 aliphatic carbocycles. The minimum absolute atomic E-state index is 0.256. The Kier molecular flexibility index (Phi) is 4.85. The Labute approximate surface area is 102 Å². The summed E-state index contributed by atoms with van der Waals surface area (Å²) in [5, 5.41) is 3.69. The predicted octanol–water partition coefficient (Wildman–Crippen LogP) is 4.37. The minimum atomic E-state index is 0.256. The van der Waals surface area contributed by atoms with Crippen molar-refractivity contribution in [3.05, 3.63) is 0 Å². The quantitative estimate of drug-likeness (QED) is 0.732. The molecule has 0 radical (unpaired) electrons. The Morgan fingerprint density at radius 2 is 1.62 bits per heavy atom. The summed E-state index contributed by atoms with van der Waals surface area (Å²) in [5.41, 5.74) is 0.758. The molecule has 1 aliphatic rings. The van der Waals surface area contributed by atoms with Gasteiger partial charge >= 0.3 is 0 Å². The molecule has 0 saturated heterocycles. The molecule has 1 fully saturated rings. The largest absolute Gasteiger partial charge is 0.312 e. The van der Waals surface area contributed by atoms with E-state index >= 15 is 0 Å². The number of nitrogens with one attached hydrogen (secondary N) is 1. The molecule has 0 amide bonds. The lowest BCUT2D eigenvalue weighted by atomic mass is 9.77. The van der Waals surface area contributed by atoms with E-state index in [0.717, 1.165) is 5.92 Å². The maximum atomic E-state index is 3.69. The van der Waals surface area contributed by atoms with E-state index in [-0.39, 0.29) is 5.54 Å². The molecular weight excluding hydrogens is 194 g/mol. The van der Waals surface area contributed by atoms with Crippen molar-refractivity contribution in [1.82, 2.24) is 5.32 Å². The van der Waals surface area contributed by atoms with Gasteiger partial charge in [0.15, 0.2) is 0 Å². The summed E-state index contributed by atoms with van der Waals surface area (Å²) >= 11 is 0. The van der Waals surface area contributed by atoms with E-state index in [4.69, 9.17) is 0 Å². The Hall–Kier alpha value is -0.0400. The third kappa shape index (κ3) is 4.86. The molecule has 1 heteroatoms. The summed E-state index contributed by atoms with van der Waals surface area (Å²) in [7, 11) is 0. The van der Waals surface area contributed by atoms with E-state index in [0.29, 0.717) is 5.41 Å². The van der Waals surface area contributed by atoms with Crippen LogP contribution in [0.5, 0.6) is 0 Å². The highest BCUT2D eigenvalue weighted by Crippen LogP contribution is 2.37.